The molecule has 1 aromatic heterocycles. The van der Waals surface area contributed by atoms with E-state index in [1.54, 1.807) is 12.1 Å². The molecule has 1 aromatic rings. The van der Waals surface area contributed by atoms with Gasteiger partial charge in [-0.05, 0) is 27.6 Å². The zero-order chi connectivity index (χ0) is 9.90. The summed E-state index contributed by atoms with van der Waals surface area (Å²) < 4.78 is 25.8. The molecule has 0 radical (unpaired) electrons. The second kappa shape index (κ2) is 4.14. The maximum Gasteiger partial charge on any atom is 0.333 e. The van der Waals surface area contributed by atoms with Crippen molar-refractivity contribution >= 4 is 26.2 Å². The Balaban J connectivity index is 2.61. The Bertz CT molecular complexity index is 375. The lowest BCUT2D eigenvalue weighted by atomic mass is 10.3. The Kier molecular flexibility index (Phi) is 3.37. The molecule has 0 spiro atoms. The first-order valence-electron chi connectivity index (χ1n) is 3.25. The molecule has 0 saturated heterocycles. The third kappa shape index (κ3) is 4.32. The normalized spacial score (nSPS) is 11.5. The van der Waals surface area contributed by atoms with Crippen LogP contribution in [0.5, 0.6) is 0 Å². The number of halogens is 1. The minimum Gasteiger partial charge on any atom is -0.253 e. The number of hydrogen-bond donors (Lipinski definition) is 1. The van der Waals surface area contributed by atoms with Crippen LogP contribution in [-0.2, 0) is 21.1 Å². The fourth-order valence-corrected chi connectivity index (χ4v) is 1.18. The monoisotopic (exact) mass is 266 g/mol. The summed E-state index contributed by atoms with van der Waals surface area (Å²) >= 11 is 3.14. The van der Waals surface area contributed by atoms with E-state index in [0.29, 0.717) is 10.2 Å². The molecule has 5 nitrogen and oxygen atoms in total. The average molecular weight is 267 g/mol. The average Bonchev–Trinajstić information content (AvgIpc) is 2.02. The summed E-state index contributed by atoms with van der Waals surface area (Å²) in [6.45, 7) is -0.0981. The Labute approximate surface area is 84.3 Å². The van der Waals surface area contributed by atoms with E-state index in [1.165, 1.54) is 6.20 Å². The third-order valence-electron chi connectivity index (χ3n) is 1.18. The standard InChI is InChI=1S/C6H7BrN2O3S/c7-6-2-1-5(3-9-6)4-12-13(8,10)11/h1-3H,4H2,(H2,8,10,11). The minimum absolute atomic E-state index is 0.0981. The Hall–Kier alpha value is -0.500. The van der Waals surface area contributed by atoms with Gasteiger partial charge in [-0.3, -0.25) is 4.18 Å². The molecule has 7 heteroatoms. The number of hydrogen-bond acceptors (Lipinski definition) is 4. The zero-order valence-electron chi connectivity index (χ0n) is 6.47. The summed E-state index contributed by atoms with van der Waals surface area (Å²) in [5.74, 6) is 0. The summed E-state index contributed by atoms with van der Waals surface area (Å²) in [7, 11) is -3.87. The second-order valence-corrected chi connectivity index (χ2v) is 4.28. The van der Waals surface area contributed by atoms with Gasteiger partial charge in [0.25, 0.3) is 0 Å². The molecule has 1 rings (SSSR count). The molecule has 72 valence electrons. The van der Waals surface area contributed by atoms with Crippen LogP contribution in [0.2, 0.25) is 0 Å². The maximum absolute atomic E-state index is 10.4. The highest BCUT2D eigenvalue weighted by atomic mass is 79.9. The van der Waals surface area contributed by atoms with E-state index in [2.05, 4.69) is 30.2 Å². The molecular weight excluding hydrogens is 260 g/mol. The van der Waals surface area contributed by atoms with Gasteiger partial charge in [-0.15, -0.1) is 0 Å². The largest absolute Gasteiger partial charge is 0.333 e. The summed E-state index contributed by atoms with van der Waals surface area (Å²) in [5, 5.41) is 4.63. The van der Waals surface area contributed by atoms with Crippen molar-refractivity contribution in [3.05, 3.63) is 28.5 Å². The molecule has 0 saturated carbocycles. The van der Waals surface area contributed by atoms with Gasteiger partial charge in [-0.2, -0.15) is 8.42 Å². The molecule has 0 amide bonds. The van der Waals surface area contributed by atoms with Crippen LogP contribution in [0, 0.1) is 0 Å². The topological polar surface area (TPSA) is 82.3 Å². The lowest BCUT2D eigenvalue weighted by molar-refractivity contribution is 0.308. The molecule has 0 fully saturated rings. The van der Waals surface area contributed by atoms with Crippen LogP contribution in [0.15, 0.2) is 22.9 Å². The van der Waals surface area contributed by atoms with Gasteiger partial charge in [-0.1, -0.05) is 6.07 Å². The van der Waals surface area contributed by atoms with Crippen molar-refractivity contribution in [3.8, 4) is 0 Å². The van der Waals surface area contributed by atoms with E-state index in [1.807, 2.05) is 0 Å². The van der Waals surface area contributed by atoms with Gasteiger partial charge in [0.05, 0.1) is 6.61 Å². The van der Waals surface area contributed by atoms with Crippen LogP contribution in [0.4, 0.5) is 0 Å². The van der Waals surface area contributed by atoms with Gasteiger partial charge in [0.2, 0.25) is 0 Å². The van der Waals surface area contributed by atoms with Gasteiger partial charge >= 0.3 is 10.3 Å². The fraction of sp³-hybridized carbons (Fsp3) is 0.167. The van der Waals surface area contributed by atoms with Gasteiger partial charge in [0, 0.05) is 6.20 Å². The van der Waals surface area contributed by atoms with Crippen LogP contribution in [0.25, 0.3) is 0 Å². The number of nitrogens with two attached hydrogens (primary N) is 1. The Morgan fingerprint density at radius 2 is 2.23 bits per heavy atom. The van der Waals surface area contributed by atoms with Crippen LogP contribution in [0.3, 0.4) is 0 Å². The first-order valence-corrected chi connectivity index (χ1v) is 5.51. The first-order chi connectivity index (χ1) is 5.97. The van der Waals surface area contributed by atoms with Crippen molar-refractivity contribution in [2.45, 2.75) is 6.61 Å². The molecule has 0 aliphatic carbocycles. The van der Waals surface area contributed by atoms with Crippen molar-refractivity contribution in [1.29, 1.82) is 0 Å². The number of rotatable bonds is 3. The molecule has 2 N–H and O–H groups in total. The van der Waals surface area contributed by atoms with E-state index >= 15 is 0 Å². The summed E-state index contributed by atoms with van der Waals surface area (Å²) in [5.41, 5.74) is 0.636. The van der Waals surface area contributed by atoms with Gasteiger partial charge < -0.3 is 0 Å². The lowest BCUT2D eigenvalue weighted by Crippen LogP contribution is -2.15. The van der Waals surface area contributed by atoms with Gasteiger partial charge in [0.1, 0.15) is 4.60 Å². The SMILES string of the molecule is NS(=O)(=O)OCc1ccc(Br)nc1. The minimum atomic E-state index is -3.87. The highest BCUT2D eigenvalue weighted by Gasteiger charge is 2.02. The first kappa shape index (κ1) is 10.6. The maximum atomic E-state index is 10.4. The van der Waals surface area contributed by atoms with Crippen LogP contribution < -0.4 is 5.14 Å². The third-order valence-corrected chi connectivity index (χ3v) is 2.09. The van der Waals surface area contributed by atoms with Crippen LogP contribution in [0.1, 0.15) is 5.56 Å². The zero-order valence-corrected chi connectivity index (χ0v) is 8.88. The predicted molar refractivity (Wildman–Crippen MR) is 49.8 cm³/mol. The van der Waals surface area contributed by atoms with E-state index in [0.717, 1.165) is 0 Å². The smallest absolute Gasteiger partial charge is 0.253 e. The van der Waals surface area contributed by atoms with Crippen molar-refractivity contribution < 1.29 is 12.6 Å². The van der Waals surface area contributed by atoms with Crippen molar-refractivity contribution in [1.82, 2.24) is 4.98 Å². The summed E-state index contributed by atoms with van der Waals surface area (Å²) in [6.07, 6.45) is 1.50. The summed E-state index contributed by atoms with van der Waals surface area (Å²) in [4.78, 5) is 3.88. The number of pyridine rings is 1. The number of aromatic nitrogens is 1. The van der Waals surface area contributed by atoms with E-state index in [9.17, 15) is 8.42 Å². The van der Waals surface area contributed by atoms with Crippen LogP contribution >= 0.6 is 15.9 Å². The quantitative estimate of drug-likeness (QED) is 0.811. The molecule has 0 aliphatic rings. The second-order valence-electron chi connectivity index (χ2n) is 2.24. The van der Waals surface area contributed by atoms with Crippen molar-refractivity contribution in [2.24, 2.45) is 5.14 Å². The van der Waals surface area contributed by atoms with E-state index < -0.39 is 10.3 Å². The summed E-state index contributed by atoms with van der Waals surface area (Å²) in [6, 6.07) is 3.37. The molecule has 0 aromatic carbocycles. The fourth-order valence-electron chi connectivity index (χ4n) is 0.642. The highest BCUT2D eigenvalue weighted by Crippen LogP contribution is 2.07. The molecule has 0 atom stereocenters. The lowest BCUT2D eigenvalue weighted by Gasteiger charge is -2.00. The molecule has 0 bridgehead atoms. The van der Waals surface area contributed by atoms with E-state index in [-0.39, 0.29) is 6.61 Å². The van der Waals surface area contributed by atoms with Gasteiger partial charge in [0.15, 0.2) is 0 Å². The molecule has 1 heterocycles. The predicted octanol–water partition coefficient (Wildman–Crippen LogP) is 0.564. The van der Waals surface area contributed by atoms with Gasteiger partial charge in [-0.25, -0.2) is 10.1 Å². The highest BCUT2D eigenvalue weighted by molar-refractivity contribution is 9.10. The van der Waals surface area contributed by atoms with Crippen molar-refractivity contribution in [3.63, 3.8) is 0 Å². The Morgan fingerprint density at radius 1 is 1.54 bits per heavy atom. The number of nitrogens with zero attached hydrogens (tertiary/aromatic N) is 1. The van der Waals surface area contributed by atoms with E-state index in [4.69, 9.17) is 0 Å². The Morgan fingerprint density at radius 3 is 2.69 bits per heavy atom. The van der Waals surface area contributed by atoms with Crippen molar-refractivity contribution in [2.75, 3.05) is 0 Å². The van der Waals surface area contributed by atoms with Crippen LogP contribution in [-0.4, -0.2) is 13.4 Å². The molecule has 0 aliphatic heterocycles. The molecule has 13 heavy (non-hydrogen) atoms. The molecule has 0 unspecified atom stereocenters. The molecular formula is C6H7BrN2O3S.